The van der Waals surface area contributed by atoms with E-state index in [1.54, 1.807) is 25.3 Å². The third-order valence-corrected chi connectivity index (χ3v) is 6.52. The van der Waals surface area contributed by atoms with Crippen LogP contribution in [-0.4, -0.2) is 51.2 Å². The summed E-state index contributed by atoms with van der Waals surface area (Å²) in [5.41, 5.74) is 0.543. The summed E-state index contributed by atoms with van der Waals surface area (Å²) < 4.78 is 35.8. The summed E-state index contributed by atoms with van der Waals surface area (Å²) in [4.78, 5) is 12.3. The maximum absolute atomic E-state index is 12.3. The van der Waals surface area contributed by atoms with Crippen molar-refractivity contribution in [3.05, 3.63) is 18.2 Å². The number of benzene rings is 1. The van der Waals surface area contributed by atoms with Gasteiger partial charge in [-0.25, -0.2) is 8.42 Å². The van der Waals surface area contributed by atoms with Crippen LogP contribution in [0.4, 0.5) is 5.69 Å². The topological polar surface area (TPSA) is 84.9 Å². The minimum Gasteiger partial charge on any atom is -0.497 e. The standard InChI is InChI=1S/C15H20N2O5S/c1-21-11-3-6-13(14(7-11)22-2)16-15(18)10-8-17(9-10)23(19,20)12-4-5-12/h3,6-7,10,12H,4-5,8-9H2,1-2H3,(H,16,18). The van der Waals surface area contributed by atoms with Crippen molar-refractivity contribution in [2.45, 2.75) is 18.1 Å². The monoisotopic (exact) mass is 340 g/mol. The van der Waals surface area contributed by atoms with Gasteiger partial charge in [0.15, 0.2) is 0 Å². The van der Waals surface area contributed by atoms with Crippen molar-refractivity contribution in [2.24, 2.45) is 5.92 Å². The molecule has 2 aliphatic rings. The van der Waals surface area contributed by atoms with E-state index in [1.807, 2.05) is 0 Å². The second kappa shape index (κ2) is 6.01. The highest BCUT2D eigenvalue weighted by Crippen LogP contribution is 2.35. The van der Waals surface area contributed by atoms with Gasteiger partial charge >= 0.3 is 0 Å². The molecule has 2 fully saturated rings. The van der Waals surface area contributed by atoms with Crippen LogP contribution >= 0.6 is 0 Å². The molecule has 1 N–H and O–H groups in total. The van der Waals surface area contributed by atoms with Crippen LogP contribution in [0.15, 0.2) is 18.2 Å². The van der Waals surface area contributed by atoms with Gasteiger partial charge in [-0.15, -0.1) is 0 Å². The first-order valence-corrected chi connectivity index (χ1v) is 8.98. The van der Waals surface area contributed by atoms with E-state index in [0.717, 1.165) is 12.8 Å². The molecule has 126 valence electrons. The van der Waals surface area contributed by atoms with Gasteiger partial charge in [0, 0.05) is 19.2 Å². The Bertz CT molecular complexity index is 709. The van der Waals surface area contributed by atoms with Gasteiger partial charge in [-0.1, -0.05) is 0 Å². The number of nitrogens with one attached hydrogen (secondary N) is 1. The number of ether oxygens (including phenoxy) is 2. The van der Waals surface area contributed by atoms with Gasteiger partial charge < -0.3 is 14.8 Å². The van der Waals surface area contributed by atoms with Gasteiger partial charge in [0.25, 0.3) is 0 Å². The van der Waals surface area contributed by atoms with Crippen molar-refractivity contribution in [3.8, 4) is 11.5 Å². The minimum absolute atomic E-state index is 0.198. The van der Waals surface area contributed by atoms with Crippen LogP contribution in [-0.2, 0) is 14.8 Å². The SMILES string of the molecule is COc1ccc(NC(=O)C2CN(S(=O)(=O)C3CC3)C2)c(OC)c1. The van der Waals surface area contributed by atoms with Gasteiger partial charge in [0.1, 0.15) is 11.5 Å². The summed E-state index contributed by atoms with van der Waals surface area (Å²) in [6, 6.07) is 5.11. The first kappa shape index (κ1) is 16.1. The normalized spacial score (nSPS) is 19.0. The smallest absolute Gasteiger partial charge is 0.230 e. The Morgan fingerprint density at radius 2 is 1.91 bits per heavy atom. The molecule has 1 heterocycles. The van der Waals surface area contributed by atoms with Gasteiger partial charge in [-0.3, -0.25) is 4.79 Å². The maximum atomic E-state index is 12.3. The molecule has 0 spiro atoms. The predicted molar refractivity (Wildman–Crippen MR) is 85.2 cm³/mol. The molecule has 23 heavy (non-hydrogen) atoms. The van der Waals surface area contributed by atoms with Gasteiger partial charge in [0.2, 0.25) is 15.9 Å². The molecular weight excluding hydrogens is 320 g/mol. The number of nitrogens with zero attached hydrogens (tertiary/aromatic N) is 1. The predicted octanol–water partition coefficient (Wildman–Crippen LogP) is 1.07. The average Bonchev–Trinajstić information content (AvgIpc) is 3.30. The van der Waals surface area contributed by atoms with Gasteiger partial charge in [-0.2, -0.15) is 4.31 Å². The second-order valence-electron chi connectivity index (χ2n) is 5.81. The Hall–Kier alpha value is -1.80. The number of hydrogen-bond acceptors (Lipinski definition) is 5. The molecule has 1 saturated carbocycles. The lowest BCUT2D eigenvalue weighted by Crippen LogP contribution is -2.55. The Labute approximate surface area is 135 Å². The number of carbonyl (C=O) groups is 1. The van der Waals surface area contributed by atoms with Crippen LogP contribution in [0.5, 0.6) is 11.5 Å². The highest BCUT2D eigenvalue weighted by Gasteiger charge is 2.46. The van der Waals surface area contributed by atoms with Crippen molar-refractivity contribution < 1.29 is 22.7 Å². The second-order valence-corrected chi connectivity index (χ2v) is 8.03. The van der Waals surface area contributed by atoms with Crippen molar-refractivity contribution in [2.75, 3.05) is 32.6 Å². The summed E-state index contributed by atoms with van der Waals surface area (Å²) in [7, 11) is -0.115. The van der Waals surface area contributed by atoms with E-state index >= 15 is 0 Å². The first-order chi connectivity index (χ1) is 11.0. The Kier molecular flexibility index (Phi) is 4.20. The summed E-state index contributed by atoms with van der Waals surface area (Å²) in [6.45, 7) is 0.506. The molecule has 1 aliphatic carbocycles. The molecule has 1 aromatic carbocycles. The number of sulfonamides is 1. The van der Waals surface area contributed by atoms with Crippen molar-refractivity contribution in [3.63, 3.8) is 0 Å². The van der Waals surface area contributed by atoms with Gasteiger partial charge in [0.05, 0.1) is 31.1 Å². The molecule has 1 saturated heterocycles. The Morgan fingerprint density at radius 3 is 2.48 bits per heavy atom. The summed E-state index contributed by atoms with van der Waals surface area (Å²) in [6.07, 6.45) is 1.47. The lowest BCUT2D eigenvalue weighted by molar-refractivity contribution is -0.122. The number of carbonyl (C=O) groups excluding carboxylic acids is 1. The maximum Gasteiger partial charge on any atom is 0.230 e. The molecule has 1 aromatic rings. The zero-order valence-electron chi connectivity index (χ0n) is 13.1. The fraction of sp³-hybridized carbons (Fsp3) is 0.533. The number of amides is 1. The Balaban J connectivity index is 1.60. The molecule has 1 amide bonds. The summed E-state index contributed by atoms with van der Waals surface area (Å²) >= 11 is 0. The van der Waals surface area contributed by atoms with E-state index in [-0.39, 0.29) is 30.2 Å². The highest BCUT2D eigenvalue weighted by molar-refractivity contribution is 7.90. The summed E-state index contributed by atoms with van der Waals surface area (Å²) in [5.74, 6) is 0.607. The van der Waals surface area contributed by atoms with Crippen LogP contribution < -0.4 is 14.8 Å². The lowest BCUT2D eigenvalue weighted by atomic mass is 10.0. The van der Waals surface area contributed by atoms with E-state index < -0.39 is 10.0 Å². The van der Waals surface area contributed by atoms with E-state index in [2.05, 4.69) is 5.32 Å². The van der Waals surface area contributed by atoms with Crippen LogP contribution in [0.2, 0.25) is 0 Å². The first-order valence-electron chi connectivity index (χ1n) is 7.47. The van der Waals surface area contributed by atoms with Gasteiger partial charge in [-0.05, 0) is 25.0 Å². The molecule has 0 radical (unpaired) electrons. The largest absolute Gasteiger partial charge is 0.497 e. The van der Waals surface area contributed by atoms with E-state index in [0.29, 0.717) is 17.2 Å². The highest BCUT2D eigenvalue weighted by atomic mass is 32.2. The molecule has 0 atom stereocenters. The average molecular weight is 340 g/mol. The molecule has 3 rings (SSSR count). The van der Waals surface area contributed by atoms with Crippen molar-refractivity contribution >= 4 is 21.6 Å². The van der Waals surface area contributed by atoms with Crippen LogP contribution in [0.25, 0.3) is 0 Å². The van der Waals surface area contributed by atoms with Crippen molar-refractivity contribution in [1.82, 2.24) is 4.31 Å². The zero-order valence-corrected chi connectivity index (χ0v) is 13.9. The third-order valence-electron chi connectivity index (χ3n) is 4.19. The molecule has 1 aliphatic heterocycles. The Morgan fingerprint density at radius 1 is 1.22 bits per heavy atom. The molecule has 7 nitrogen and oxygen atoms in total. The lowest BCUT2D eigenvalue weighted by Gasteiger charge is -2.37. The zero-order chi connectivity index (χ0) is 16.6. The van der Waals surface area contributed by atoms with E-state index in [4.69, 9.17) is 9.47 Å². The number of rotatable bonds is 6. The quantitative estimate of drug-likeness (QED) is 0.837. The molecule has 0 bridgehead atoms. The molecule has 0 aromatic heterocycles. The molecule has 0 unspecified atom stereocenters. The fourth-order valence-corrected chi connectivity index (χ4v) is 4.45. The number of anilines is 1. The third kappa shape index (κ3) is 3.13. The minimum atomic E-state index is -3.18. The summed E-state index contributed by atoms with van der Waals surface area (Å²) in [5, 5.41) is 2.56. The molecular formula is C15H20N2O5S. The number of methoxy groups -OCH3 is 2. The molecule has 8 heteroatoms. The number of hydrogen-bond donors (Lipinski definition) is 1. The van der Waals surface area contributed by atoms with Crippen LogP contribution in [0.3, 0.4) is 0 Å². The van der Waals surface area contributed by atoms with E-state index in [1.165, 1.54) is 11.4 Å². The fourth-order valence-electron chi connectivity index (χ4n) is 2.53. The van der Waals surface area contributed by atoms with Crippen LogP contribution in [0.1, 0.15) is 12.8 Å². The van der Waals surface area contributed by atoms with E-state index in [9.17, 15) is 13.2 Å². The van der Waals surface area contributed by atoms with Crippen LogP contribution in [0, 0.1) is 5.92 Å². The van der Waals surface area contributed by atoms with Crippen molar-refractivity contribution in [1.29, 1.82) is 0 Å².